The number of anilines is 1. The number of aromatic amines is 1. The molecule has 23 heavy (non-hydrogen) atoms. The zero-order valence-electron chi connectivity index (χ0n) is 12.6. The van der Waals surface area contributed by atoms with Gasteiger partial charge in [-0.15, -0.1) is 0 Å². The number of carbonyl (C=O) groups is 1. The zero-order valence-corrected chi connectivity index (χ0v) is 13.4. The average Bonchev–Trinajstić information content (AvgIpc) is 3.09. The molecule has 0 aliphatic carbocycles. The van der Waals surface area contributed by atoms with E-state index in [1.165, 1.54) is 6.33 Å². The van der Waals surface area contributed by atoms with Gasteiger partial charge in [0.2, 0.25) is 0 Å². The van der Waals surface area contributed by atoms with E-state index in [2.05, 4.69) is 20.5 Å². The number of H-pyrrole nitrogens is 1. The van der Waals surface area contributed by atoms with Crippen molar-refractivity contribution in [2.45, 2.75) is 17.8 Å². The highest BCUT2D eigenvalue weighted by atomic mass is 32.2. The second kappa shape index (κ2) is 7.11. The molecule has 116 valence electrons. The Kier molecular flexibility index (Phi) is 4.73. The van der Waals surface area contributed by atoms with Crippen LogP contribution in [-0.4, -0.2) is 21.1 Å². The van der Waals surface area contributed by atoms with Crippen LogP contribution in [0.1, 0.15) is 21.5 Å². The van der Waals surface area contributed by atoms with E-state index in [9.17, 15) is 4.79 Å². The molecule has 0 fully saturated rings. The number of rotatable bonds is 5. The summed E-state index contributed by atoms with van der Waals surface area (Å²) in [5.41, 5.74) is 3.64. The minimum Gasteiger partial charge on any atom is -0.322 e. The first-order valence-electron chi connectivity index (χ1n) is 7.16. The number of nitrogens with one attached hydrogen (secondary N) is 2. The molecule has 0 radical (unpaired) electrons. The monoisotopic (exact) mass is 324 g/mol. The Hall–Kier alpha value is -2.60. The molecule has 1 amide bonds. The highest BCUT2D eigenvalue weighted by Crippen LogP contribution is 2.19. The minimum absolute atomic E-state index is 0.103. The van der Waals surface area contributed by atoms with Crippen molar-refractivity contribution in [3.8, 4) is 0 Å². The molecule has 6 heteroatoms. The normalized spacial score (nSPS) is 10.5. The fourth-order valence-corrected chi connectivity index (χ4v) is 2.81. The van der Waals surface area contributed by atoms with Crippen molar-refractivity contribution in [2.24, 2.45) is 0 Å². The van der Waals surface area contributed by atoms with Crippen molar-refractivity contribution in [2.75, 3.05) is 5.32 Å². The van der Waals surface area contributed by atoms with Crippen molar-refractivity contribution >= 4 is 23.4 Å². The highest BCUT2D eigenvalue weighted by molar-refractivity contribution is 7.98. The molecule has 5 nitrogen and oxygen atoms in total. The van der Waals surface area contributed by atoms with Crippen molar-refractivity contribution in [1.82, 2.24) is 15.2 Å². The quantitative estimate of drug-likeness (QED) is 0.703. The Morgan fingerprint density at radius 3 is 2.65 bits per heavy atom. The fourth-order valence-electron chi connectivity index (χ4n) is 2.08. The van der Waals surface area contributed by atoms with Crippen molar-refractivity contribution in [3.63, 3.8) is 0 Å². The molecule has 0 saturated carbocycles. The Morgan fingerprint density at radius 1 is 1.17 bits per heavy atom. The van der Waals surface area contributed by atoms with Crippen LogP contribution in [0.25, 0.3) is 0 Å². The van der Waals surface area contributed by atoms with E-state index in [0.717, 1.165) is 27.7 Å². The van der Waals surface area contributed by atoms with Gasteiger partial charge in [0.05, 0.1) is 0 Å². The maximum absolute atomic E-state index is 12.3. The van der Waals surface area contributed by atoms with Gasteiger partial charge in [-0.25, -0.2) is 4.98 Å². The smallest absolute Gasteiger partial charge is 0.255 e. The number of benzene rings is 2. The van der Waals surface area contributed by atoms with Gasteiger partial charge in [0, 0.05) is 17.0 Å². The average molecular weight is 324 g/mol. The lowest BCUT2D eigenvalue weighted by Crippen LogP contribution is -2.12. The third-order valence-corrected chi connectivity index (χ3v) is 4.33. The SMILES string of the molecule is Cc1ccccc1NC(=O)c1ccc(CSc2ncn[nH]2)cc1. The maximum Gasteiger partial charge on any atom is 0.255 e. The van der Waals surface area contributed by atoms with Crippen LogP contribution < -0.4 is 5.32 Å². The molecule has 1 aromatic heterocycles. The van der Waals surface area contributed by atoms with Crippen molar-refractivity contribution in [1.29, 1.82) is 0 Å². The summed E-state index contributed by atoms with van der Waals surface area (Å²) in [6.07, 6.45) is 1.49. The van der Waals surface area contributed by atoms with Crippen LogP contribution in [0, 0.1) is 6.92 Å². The van der Waals surface area contributed by atoms with E-state index in [-0.39, 0.29) is 5.91 Å². The zero-order chi connectivity index (χ0) is 16.1. The third kappa shape index (κ3) is 3.98. The Bertz CT molecular complexity index is 785. The molecule has 0 aliphatic heterocycles. The van der Waals surface area contributed by atoms with Gasteiger partial charge >= 0.3 is 0 Å². The van der Waals surface area contributed by atoms with Gasteiger partial charge in [0.15, 0.2) is 5.16 Å². The Labute approximate surface area is 138 Å². The van der Waals surface area contributed by atoms with Crippen LogP contribution in [0.3, 0.4) is 0 Å². The minimum atomic E-state index is -0.103. The number of amides is 1. The summed E-state index contributed by atoms with van der Waals surface area (Å²) in [6, 6.07) is 15.3. The largest absolute Gasteiger partial charge is 0.322 e. The lowest BCUT2D eigenvalue weighted by atomic mass is 10.1. The number of para-hydroxylation sites is 1. The molecular weight excluding hydrogens is 308 g/mol. The summed E-state index contributed by atoms with van der Waals surface area (Å²) in [5.74, 6) is 0.670. The summed E-state index contributed by atoms with van der Waals surface area (Å²) in [6.45, 7) is 1.97. The number of hydrogen-bond acceptors (Lipinski definition) is 4. The van der Waals surface area contributed by atoms with Gasteiger partial charge in [-0.1, -0.05) is 42.1 Å². The molecule has 0 unspecified atom stereocenters. The number of nitrogens with zero attached hydrogens (tertiary/aromatic N) is 2. The van der Waals surface area contributed by atoms with Crippen LogP contribution in [-0.2, 0) is 5.75 Å². The van der Waals surface area contributed by atoms with Crippen LogP contribution in [0.5, 0.6) is 0 Å². The Morgan fingerprint density at radius 2 is 1.96 bits per heavy atom. The predicted molar refractivity (Wildman–Crippen MR) is 91.5 cm³/mol. The van der Waals surface area contributed by atoms with E-state index in [0.29, 0.717) is 5.56 Å². The first-order valence-corrected chi connectivity index (χ1v) is 8.15. The standard InChI is InChI=1S/C17H16N4OS/c1-12-4-2-3-5-15(12)20-16(22)14-8-6-13(7-9-14)10-23-17-18-11-19-21-17/h2-9,11H,10H2,1H3,(H,20,22)(H,18,19,21). The van der Waals surface area contributed by atoms with E-state index in [1.54, 1.807) is 11.8 Å². The molecule has 2 N–H and O–H groups in total. The summed E-state index contributed by atoms with van der Waals surface area (Å²) in [4.78, 5) is 16.3. The molecule has 0 saturated heterocycles. The van der Waals surface area contributed by atoms with Crippen LogP contribution >= 0.6 is 11.8 Å². The first kappa shape index (κ1) is 15.3. The molecule has 3 aromatic rings. The highest BCUT2D eigenvalue weighted by Gasteiger charge is 2.07. The van der Waals surface area contributed by atoms with Gasteiger partial charge in [-0.05, 0) is 36.2 Å². The second-order valence-corrected chi connectivity index (χ2v) is 6.01. The molecule has 1 heterocycles. The van der Waals surface area contributed by atoms with Gasteiger partial charge < -0.3 is 5.32 Å². The molecule has 0 bridgehead atoms. The molecule has 0 aliphatic rings. The van der Waals surface area contributed by atoms with Gasteiger partial charge in [0.25, 0.3) is 5.91 Å². The van der Waals surface area contributed by atoms with E-state index >= 15 is 0 Å². The Balaban J connectivity index is 1.62. The van der Waals surface area contributed by atoms with Crippen molar-refractivity contribution in [3.05, 3.63) is 71.5 Å². The topological polar surface area (TPSA) is 70.7 Å². The van der Waals surface area contributed by atoms with E-state index in [4.69, 9.17) is 0 Å². The summed E-state index contributed by atoms with van der Waals surface area (Å²) >= 11 is 1.57. The molecule has 0 atom stereocenters. The predicted octanol–water partition coefficient (Wildman–Crippen LogP) is 3.66. The van der Waals surface area contributed by atoms with Gasteiger partial charge in [-0.2, -0.15) is 5.10 Å². The van der Waals surface area contributed by atoms with E-state index < -0.39 is 0 Å². The van der Waals surface area contributed by atoms with Gasteiger partial charge in [-0.3, -0.25) is 9.89 Å². The summed E-state index contributed by atoms with van der Waals surface area (Å²) < 4.78 is 0. The summed E-state index contributed by atoms with van der Waals surface area (Å²) in [5, 5.41) is 10.3. The van der Waals surface area contributed by atoms with E-state index in [1.807, 2.05) is 55.5 Å². The number of aromatic nitrogens is 3. The number of hydrogen-bond donors (Lipinski definition) is 2. The van der Waals surface area contributed by atoms with Crippen LogP contribution in [0.4, 0.5) is 5.69 Å². The van der Waals surface area contributed by atoms with Crippen LogP contribution in [0.15, 0.2) is 60.0 Å². The second-order valence-electron chi connectivity index (χ2n) is 5.05. The number of carbonyl (C=O) groups excluding carboxylic acids is 1. The summed E-state index contributed by atoms with van der Waals surface area (Å²) in [7, 11) is 0. The number of aryl methyl sites for hydroxylation is 1. The first-order chi connectivity index (χ1) is 11.2. The maximum atomic E-state index is 12.3. The lowest BCUT2D eigenvalue weighted by molar-refractivity contribution is 0.102. The van der Waals surface area contributed by atoms with Crippen LogP contribution in [0.2, 0.25) is 0 Å². The van der Waals surface area contributed by atoms with Gasteiger partial charge in [0.1, 0.15) is 6.33 Å². The molecule has 0 spiro atoms. The molecule has 2 aromatic carbocycles. The molecular formula is C17H16N4OS. The lowest BCUT2D eigenvalue weighted by Gasteiger charge is -2.08. The third-order valence-electron chi connectivity index (χ3n) is 3.38. The molecule has 3 rings (SSSR count). The fraction of sp³-hybridized carbons (Fsp3) is 0.118. The van der Waals surface area contributed by atoms with Crippen molar-refractivity contribution < 1.29 is 4.79 Å². The number of thioether (sulfide) groups is 1.